The van der Waals surface area contributed by atoms with Crippen LogP contribution in [0, 0.1) is 12.8 Å². The molecule has 3 unspecified atom stereocenters. The zero-order chi connectivity index (χ0) is 14.7. The minimum absolute atomic E-state index is 0.0818. The van der Waals surface area contributed by atoms with Gasteiger partial charge >= 0.3 is 0 Å². The van der Waals surface area contributed by atoms with Crippen molar-refractivity contribution in [2.45, 2.75) is 50.7 Å². The molecule has 2 saturated heterocycles. The molecule has 2 heterocycles. The summed E-state index contributed by atoms with van der Waals surface area (Å²) >= 11 is 2.00. The van der Waals surface area contributed by atoms with E-state index in [1.165, 1.54) is 23.3 Å². The molecule has 0 bridgehead atoms. The lowest BCUT2D eigenvalue weighted by Gasteiger charge is -2.39. The Kier molecular flexibility index (Phi) is 4.92. The second kappa shape index (κ2) is 6.72. The van der Waals surface area contributed by atoms with Gasteiger partial charge in [0, 0.05) is 12.4 Å². The summed E-state index contributed by atoms with van der Waals surface area (Å²) in [7, 11) is 0. The Hall–Kier alpha value is -0.510. The summed E-state index contributed by atoms with van der Waals surface area (Å²) in [6, 6.07) is 8.67. The van der Waals surface area contributed by atoms with Gasteiger partial charge in [-0.25, -0.2) is 0 Å². The van der Waals surface area contributed by atoms with E-state index in [1.807, 2.05) is 11.8 Å². The Labute approximate surface area is 132 Å². The number of aryl methyl sites for hydroxylation is 2. The molecule has 3 rings (SSSR count). The molecule has 0 amide bonds. The van der Waals surface area contributed by atoms with Crippen molar-refractivity contribution in [3.05, 3.63) is 35.4 Å². The van der Waals surface area contributed by atoms with Gasteiger partial charge < -0.3 is 9.84 Å². The fraction of sp³-hybridized carbons (Fsp3) is 0.667. The van der Waals surface area contributed by atoms with E-state index in [9.17, 15) is 5.11 Å². The lowest BCUT2D eigenvalue weighted by Crippen LogP contribution is -2.43. The van der Waals surface area contributed by atoms with Gasteiger partial charge in [-0.2, -0.15) is 11.8 Å². The van der Waals surface area contributed by atoms with E-state index < -0.39 is 0 Å². The largest absolute Gasteiger partial charge is 0.393 e. The third kappa shape index (κ3) is 3.82. The van der Waals surface area contributed by atoms with Gasteiger partial charge in [-0.1, -0.05) is 29.8 Å². The molecule has 1 aromatic rings. The molecule has 0 aliphatic carbocycles. The van der Waals surface area contributed by atoms with E-state index in [2.05, 4.69) is 31.2 Å². The number of benzene rings is 1. The van der Waals surface area contributed by atoms with Gasteiger partial charge in [0.05, 0.1) is 11.7 Å². The molecular weight excluding hydrogens is 280 g/mol. The van der Waals surface area contributed by atoms with E-state index in [1.54, 1.807) is 0 Å². The number of hydrogen-bond acceptors (Lipinski definition) is 3. The van der Waals surface area contributed by atoms with Crippen molar-refractivity contribution in [2.75, 3.05) is 18.1 Å². The molecule has 2 nitrogen and oxygen atoms in total. The second-order valence-corrected chi connectivity index (χ2v) is 7.78. The summed E-state index contributed by atoms with van der Waals surface area (Å²) in [5.41, 5.74) is 2.71. The predicted octanol–water partition coefficient (Wildman–Crippen LogP) is 3.59. The number of thioether (sulfide) groups is 1. The maximum absolute atomic E-state index is 10.6. The molecule has 21 heavy (non-hydrogen) atoms. The Morgan fingerprint density at radius 2 is 2.19 bits per heavy atom. The topological polar surface area (TPSA) is 29.5 Å². The molecule has 0 radical (unpaired) electrons. The fourth-order valence-electron chi connectivity index (χ4n) is 3.56. The van der Waals surface area contributed by atoms with Gasteiger partial charge in [0.15, 0.2) is 0 Å². The Morgan fingerprint density at radius 3 is 2.90 bits per heavy atom. The van der Waals surface area contributed by atoms with Crippen LogP contribution in [0.3, 0.4) is 0 Å². The van der Waals surface area contributed by atoms with Gasteiger partial charge in [-0.15, -0.1) is 0 Å². The normalized spacial score (nSPS) is 30.7. The van der Waals surface area contributed by atoms with Crippen molar-refractivity contribution < 1.29 is 9.84 Å². The molecule has 0 aromatic heterocycles. The smallest absolute Gasteiger partial charge is 0.0783 e. The van der Waals surface area contributed by atoms with E-state index in [4.69, 9.17) is 4.74 Å². The summed E-state index contributed by atoms with van der Waals surface area (Å²) in [5.74, 6) is 2.75. The van der Waals surface area contributed by atoms with Crippen LogP contribution >= 0.6 is 11.8 Å². The van der Waals surface area contributed by atoms with Crippen molar-refractivity contribution in [1.29, 1.82) is 0 Å². The highest BCUT2D eigenvalue weighted by molar-refractivity contribution is 7.99. The van der Waals surface area contributed by atoms with Crippen LogP contribution in [0.2, 0.25) is 0 Å². The zero-order valence-electron chi connectivity index (χ0n) is 12.9. The first-order valence-corrected chi connectivity index (χ1v) is 9.28. The SMILES string of the molecule is Cc1ccc(CCC(O)C2CCOC3(CCSC3)C2)cc1. The van der Waals surface area contributed by atoms with Crippen molar-refractivity contribution in [1.82, 2.24) is 0 Å². The van der Waals surface area contributed by atoms with Crippen LogP contribution in [0.25, 0.3) is 0 Å². The molecule has 116 valence electrons. The highest BCUT2D eigenvalue weighted by Gasteiger charge is 2.42. The molecule has 2 aliphatic heterocycles. The van der Waals surface area contributed by atoms with Crippen LogP contribution in [-0.2, 0) is 11.2 Å². The maximum Gasteiger partial charge on any atom is 0.0783 e. The second-order valence-electron chi connectivity index (χ2n) is 6.68. The number of ether oxygens (including phenoxy) is 1. The van der Waals surface area contributed by atoms with E-state index in [0.717, 1.165) is 38.0 Å². The van der Waals surface area contributed by atoms with Gasteiger partial charge in [-0.3, -0.25) is 0 Å². The third-order valence-corrected chi connectivity index (χ3v) is 6.21. The number of rotatable bonds is 4. The molecule has 0 saturated carbocycles. The first kappa shape index (κ1) is 15.4. The van der Waals surface area contributed by atoms with Crippen molar-refractivity contribution in [3.8, 4) is 0 Å². The monoisotopic (exact) mass is 306 g/mol. The van der Waals surface area contributed by atoms with Crippen molar-refractivity contribution in [2.24, 2.45) is 5.92 Å². The van der Waals surface area contributed by atoms with Crippen molar-refractivity contribution in [3.63, 3.8) is 0 Å². The van der Waals surface area contributed by atoms with Gasteiger partial charge in [-0.05, 0) is 56.3 Å². The zero-order valence-corrected chi connectivity index (χ0v) is 13.7. The van der Waals surface area contributed by atoms with Gasteiger partial charge in [0.1, 0.15) is 0 Å². The first-order valence-electron chi connectivity index (χ1n) is 8.12. The van der Waals surface area contributed by atoms with Crippen LogP contribution in [0.4, 0.5) is 0 Å². The Bertz CT molecular complexity index is 451. The Morgan fingerprint density at radius 1 is 1.38 bits per heavy atom. The van der Waals surface area contributed by atoms with E-state index >= 15 is 0 Å². The molecular formula is C18H26O2S. The third-order valence-electron chi connectivity index (χ3n) is 4.99. The Balaban J connectivity index is 1.52. The van der Waals surface area contributed by atoms with Gasteiger partial charge in [0.25, 0.3) is 0 Å². The van der Waals surface area contributed by atoms with E-state index in [0.29, 0.717) is 5.92 Å². The summed E-state index contributed by atoms with van der Waals surface area (Å²) < 4.78 is 6.05. The van der Waals surface area contributed by atoms with Crippen LogP contribution in [0.15, 0.2) is 24.3 Å². The quantitative estimate of drug-likeness (QED) is 0.922. The van der Waals surface area contributed by atoms with Crippen LogP contribution in [0.1, 0.15) is 36.8 Å². The lowest BCUT2D eigenvalue weighted by atomic mass is 9.81. The molecule has 1 aromatic carbocycles. The molecule has 1 spiro atoms. The van der Waals surface area contributed by atoms with Gasteiger partial charge in [0.2, 0.25) is 0 Å². The number of aliphatic hydroxyl groups excluding tert-OH is 1. The average molecular weight is 306 g/mol. The average Bonchev–Trinajstić information content (AvgIpc) is 2.94. The minimum Gasteiger partial charge on any atom is -0.393 e. The van der Waals surface area contributed by atoms with Crippen molar-refractivity contribution >= 4 is 11.8 Å². The van der Waals surface area contributed by atoms with Crippen LogP contribution in [-0.4, -0.2) is 34.9 Å². The molecule has 3 atom stereocenters. The molecule has 1 N–H and O–H groups in total. The van der Waals surface area contributed by atoms with Crippen LogP contribution in [0.5, 0.6) is 0 Å². The highest BCUT2D eigenvalue weighted by atomic mass is 32.2. The highest BCUT2D eigenvalue weighted by Crippen LogP contribution is 2.41. The minimum atomic E-state index is -0.183. The number of aliphatic hydroxyl groups is 1. The lowest BCUT2D eigenvalue weighted by molar-refractivity contribution is -0.102. The molecule has 3 heteroatoms. The maximum atomic E-state index is 10.6. The summed E-state index contributed by atoms with van der Waals surface area (Å²) in [6.07, 6.45) is 4.89. The molecule has 2 aliphatic rings. The summed E-state index contributed by atoms with van der Waals surface area (Å²) in [6.45, 7) is 2.94. The predicted molar refractivity (Wildman–Crippen MR) is 88.9 cm³/mol. The van der Waals surface area contributed by atoms with E-state index in [-0.39, 0.29) is 11.7 Å². The molecule has 2 fully saturated rings. The van der Waals surface area contributed by atoms with Crippen LogP contribution < -0.4 is 0 Å². The summed E-state index contributed by atoms with van der Waals surface area (Å²) in [4.78, 5) is 0. The first-order chi connectivity index (χ1) is 10.2. The fourth-order valence-corrected chi connectivity index (χ4v) is 4.94. The standard InChI is InChI=1S/C18H26O2S/c1-14-2-4-15(5-3-14)6-7-17(19)16-8-10-20-18(12-16)9-11-21-13-18/h2-5,16-17,19H,6-13H2,1H3. The number of hydrogen-bond donors (Lipinski definition) is 1. The summed E-state index contributed by atoms with van der Waals surface area (Å²) in [5, 5.41) is 10.6.